The Morgan fingerprint density at radius 1 is 0.958 bits per heavy atom. The lowest BCUT2D eigenvalue weighted by atomic mass is 9.99. The van der Waals surface area contributed by atoms with Gasteiger partial charge in [-0.1, -0.05) is 11.6 Å². The van der Waals surface area contributed by atoms with Gasteiger partial charge < -0.3 is 14.6 Å². The number of carbonyl (C=O) groups excluding carboxylic acids is 3. The zero-order chi connectivity index (χ0) is 18.2. The summed E-state index contributed by atoms with van der Waals surface area (Å²) in [5, 5.41) is 10.9. The Labute approximate surface area is 142 Å². The summed E-state index contributed by atoms with van der Waals surface area (Å²) < 4.78 is 10.3. The lowest BCUT2D eigenvalue weighted by Gasteiger charge is -2.16. The van der Waals surface area contributed by atoms with Gasteiger partial charge in [0.1, 0.15) is 17.2 Å². The number of fused-ring (bicyclic) bond motifs is 1. The van der Waals surface area contributed by atoms with E-state index in [4.69, 9.17) is 21.1 Å². The second kappa shape index (κ2) is 6.49. The summed E-state index contributed by atoms with van der Waals surface area (Å²) in [5.74, 6) is -2.06. The smallest absolute Gasteiger partial charge is 0.308 e. The van der Waals surface area contributed by atoms with E-state index in [-0.39, 0.29) is 32.9 Å². The van der Waals surface area contributed by atoms with Crippen LogP contribution in [0.25, 0.3) is 10.8 Å². The van der Waals surface area contributed by atoms with Crippen LogP contribution in [0.15, 0.2) is 12.1 Å². The molecule has 2 aromatic carbocycles. The van der Waals surface area contributed by atoms with E-state index >= 15 is 0 Å². The summed E-state index contributed by atoms with van der Waals surface area (Å²) >= 11 is 6.30. The van der Waals surface area contributed by atoms with Crippen molar-refractivity contribution >= 4 is 40.1 Å². The number of aryl methyl sites for hydroxylation is 1. The molecule has 0 spiro atoms. The van der Waals surface area contributed by atoms with Gasteiger partial charge in [-0.3, -0.25) is 14.4 Å². The molecule has 0 atom stereocenters. The number of rotatable bonds is 3. The number of phenols is 1. The van der Waals surface area contributed by atoms with Crippen LogP contribution >= 0.6 is 11.6 Å². The van der Waals surface area contributed by atoms with Gasteiger partial charge in [-0.05, 0) is 31.5 Å². The third-order valence-electron chi connectivity index (χ3n) is 3.31. The van der Waals surface area contributed by atoms with Gasteiger partial charge in [0.25, 0.3) is 0 Å². The predicted octanol–water partition coefficient (Wildman–Crippen LogP) is 3.56. The molecule has 0 aromatic heterocycles. The molecular formula is C17H15ClO6. The van der Waals surface area contributed by atoms with Gasteiger partial charge in [0.2, 0.25) is 0 Å². The SMILES string of the molecule is CC(=O)Oc1cc(C)c(Cl)c2c(OC(C)=O)cc(C(C)=O)c(O)c12. The van der Waals surface area contributed by atoms with Gasteiger partial charge in [-0.25, -0.2) is 0 Å². The topological polar surface area (TPSA) is 89.9 Å². The fourth-order valence-electron chi connectivity index (χ4n) is 2.37. The molecule has 0 bridgehead atoms. The van der Waals surface area contributed by atoms with Crippen molar-refractivity contribution in [1.82, 2.24) is 0 Å². The van der Waals surface area contributed by atoms with Gasteiger partial charge >= 0.3 is 11.9 Å². The molecule has 0 aliphatic carbocycles. The summed E-state index contributed by atoms with van der Waals surface area (Å²) in [6, 6.07) is 2.71. The average Bonchev–Trinajstić information content (AvgIpc) is 2.44. The third kappa shape index (κ3) is 3.19. The van der Waals surface area contributed by atoms with Gasteiger partial charge in [0, 0.05) is 13.8 Å². The van der Waals surface area contributed by atoms with Gasteiger partial charge in [0.15, 0.2) is 5.78 Å². The number of hydrogen-bond acceptors (Lipinski definition) is 6. The molecule has 7 heteroatoms. The second-order valence-corrected chi connectivity index (χ2v) is 5.65. The molecule has 0 fully saturated rings. The maximum atomic E-state index is 11.8. The molecular weight excluding hydrogens is 336 g/mol. The number of hydrogen-bond donors (Lipinski definition) is 1. The highest BCUT2D eigenvalue weighted by Crippen LogP contribution is 2.46. The van der Waals surface area contributed by atoms with Crippen LogP contribution in [0.5, 0.6) is 17.2 Å². The summed E-state index contributed by atoms with van der Waals surface area (Å²) in [4.78, 5) is 34.5. The zero-order valence-electron chi connectivity index (χ0n) is 13.5. The molecule has 2 aromatic rings. The predicted molar refractivity (Wildman–Crippen MR) is 88.0 cm³/mol. The number of carbonyl (C=O) groups is 3. The largest absolute Gasteiger partial charge is 0.506 e. The first-order chi connectivity index (χ1) is 11.1. The lowest BCUT2D eigenvalue weighted by Crippen LogP contribution is -2.07. The molecule has 0 aliphatic rings. The molecule has 6 nitrogen and oxygen atoms in total. The Kier molecular flexibility index (Phi) is 4.80. The normalized spacial score (nSPS) is 10.5. The van der Waals surface area contributed by atoms with E-state index in [0.29, 0.717) is 5.56 Å². The van der Waals surface area contributed by atoms with Crippen LogP contribution in [0.2, 0.25) is 5.02 Å². The first-order valence-corrected chi connectivity index (χ1v) is 7.37. The summed E-state index contributed by atoms with van der Waals surface area (Å²) in [6.45, 7) is 5.32. The number of phenolic OH excluding ortho intramolecular Hbond substituents is 1. The van der Waals surface area contributed by atoms with Crippen molar-refractivity contribution in [3.63, 3.8) is 0 Å². The minimum atomic E-state index is -0.622. The second-order valence-electron chi connectivity index (χ2n) is 5.27. The number of ketones is 1. The molecule has 0 unspecified atom stereocenters. The molecule has 24 heavy (non-hydrogen) atoms. The molecule has 0 saturated heterocycles. The summed E-state index contributed by atoms with van der Waals surface area (Å²) in [5.41, 5.74) is 0.468. The van der Waals surface area contributed by atoms with Crippen molar-refractivity contribution in [3.05, 3.63) is 28.3 Å². The number of ether oxygens (including phenoxy) is 2. The minimum Gasteiger partial charge on any atom is -0.506 e. The van der Waals surface area contributed by atoms with Gasteiger partial charge in [-0.2, -0.15) is 0 Å². The Balaban J connectivity index is 3.02. The van der Waals surface area contributed by atoms with Crippen molar-refractivity contribution in [2.45, 2.75) is 27.7 Å². The van der Waals surface area contributed by atoms with Crippen LogP contribution in [0.1, 0.15) is 36.7 Å². The third-order valence-corrected chi connectivity index (χ3v) is 3.80. The first-order valence-electron chi connectivity index (χ1n) is 7.00. The van der Waals surface area contributed by atoms with Gasteiger partial charge in [-0.15, -0.1) is 0 Å². The van der Waals surface area contributed by atoms with Gasteiger partial charge in [0.05, 0.1) is 21.4 Å². The fourth-order valence-corrected chi connectivity index (χ4v) is 2.62. The van der Waals surface area contributed by atoms with Crippen molar-refractivity contribution in [2.24, 2.45) is 0 Å². The van der Waals surface area contributed by atoms with Crippen LogP contribution in [0.4, 0.5) is 0 Å². The Bertz CT molecular complexity index is 885. The highest BCUT2D eigenvalue weighted by Gasteiger charge is 2.23. The number of aromatic hydroxyl groups is 1. The maximum absolute atomic E-state index is 11.8. The fraction of sp³-hybridized carbons (Fsp3) is 0.235. The van der Waals surface area contributed by atoms with Crippen LogP contribution in [-0.2, 0) is 9.59 Å². The van der Waals surface area contributed by atoms with Crippen LogP contribution < -0.4 is 9.47 Å². The number of Topliss-reactive ketones (excluding diaryl/α,β-unsaturated/α-hetero) is 1. The molecule has 0 saturated carbocycles. The van der Waals surface area contributed by atoms with Crippen molar-refractivity contribution < 1.29 is 29.0 Å². The Hall–Kier alpha value is -2.60. The standard InChI is InChI=1S/C17H15ClO6/c1-7-5-12(23-9(3)20)15-14(16(7)18)13(24-10(4)21)6-11(8(2)19)17(15)22/h5-6,22H,1-4H3. The number of halogens is 1. The van der Waals surface area contributed by atoms with E-state index in [0.717, 1.165) is 0 Å². The van der Waals surface area contributed by atoms with E-state index in [1.165, 1.54) is 32.9 Å². The molecule has 126 valence electrons. The van der Waals surface area contributed by atoms with Crippen LogP contribution in [0, 0.1) is 6.92 Å². The highest BCUT2D eigenvalue weighted by molar-refractivity contribution is 6.37. The monoisotopic (exact) mass is 350 g/mol. The van der Waals surface area contributed by atoms with Crippen LogP contribution in [0.3, 0.4) is 0 Å². The Morgan fingerprint density at radius 3 is 1.92 bits per heavy atom. The first kappa shape index (κ1) is 17.7. The molecule has 2 rings (SSSR count). The maximum Gasteiger partial charge on any atom is 0.308 e. The van der Waals surface area contributed by atoms with E-state index in [1.807, 2.05) is 0 Å². The lowest BCUT2D eigenvalue weighted by molar-refractivity contribution is -0.132. The van der Waals surface area contributed by atoms with Crippen molar-refractivity contribution in [3.8, 4) is 17.2 Å². The molecule has 0 amide bonds. The summed E-state index contributed by atoms with van der Waals surface area (Å²) in [7, 11) is 0. The van der Waals surface area contributed by atoms with Crippen molar-refractivity contribution in [1.29, 1.82) is 0 Å². The highest BCUT2D eigenvalue weighted by atomic mass is 35.5. The molecule has 0 heterocycles. The zero-order valence-corrected chi connectivity index (χ0v) is 14.3. The minimum absolute atomic E-state index is 0.00241. The average molecular weight is 351 g/mol. The molecule has 0 radical (unpaired) electrons. The van der Waals surface area contributed by atoms with E-state index < -0.39 is 23.5 Å². The Morgan fingerprint density at radius 2 is 1.46 bits per heavy atom. The molecule has 0 aliphatic heterocycles. The number of benzene rings is 2. The van der Waals surface area contributed by atoms with Crippen molar-refractivity contribution in [2.75, 3.05) is 0 Å². The van der Waals surface area contributed by atoms with Crippen LogP contribution in [-0.4, -0.2) is 22.8 Å². The van der Waals surface area contributed by atoms with E-state index in [9.17, 15) is 19.5 Å². The van der Waals surface area contributed by atoms with E-state index in [1.54, 1.807) is 6.92 Å². The van der Waals surface area contributed by atoms with E-state index in [2.05, 4.69) is 0 Å². The molecule has 1 N–H and O–H groups in total. The summed E-state index contributed by atoms with van der Waals surface area (Å²) in [6.07, 6.45) is 0. The quantitative estimate of drug-likeness (QED) is 0.517. The number of esters is 2.